The average molecular weight is 737 g/mol. The Bertz CT molecular complexity index is 1350. The van der Waals surface area contributed by atoms with Gasteiger partial charge < -0.3 is 20.1 Å². The van der Waals surface area contributed by atoms with E-state index < -0.39 is 71.8 Å². The predicted octanol–water partition coefficient (Wildman–Crippen LogP) is 3.74. The number of carbonyl (C=O) groups is 4. The second-order valence-electron chi connectivity index (χ2n) is 16.4. The topological polar surface area (TPSA) is 165 Å². The van der Waals surface area contributed by atoms with Gasteiger partial charge in [-0.2, -0.15) is 10.5 Å². The van der Waals surface area contributed by atoms with Crippen LogP contribution in [0.15, 0.2) is 0 Å². The highest BCUT2D eigenvalue weighted by molar-refractivity contribution is 5.81. The first-order chi connectivity index (χ1) is 24.5. The van der Waals surface area contributed by atoms with Crippen LogP contribution in [0.25, 0.3) is 0 Å². The number of hydrogen-bond acceptors (Lipinski definition) is 10. The number of halogens is 4. The number of nitrogens with zero attached hydrogens (tertiary/aromatic N) is 4. The Labute approximate surface area is 300 Å². The van der Waals surface area contributed by atoms with Crippen LogP contribution in [0.2, 0.25) is 0 Å². The Hall–Kier alpha value is -3.50. The molecule has 0 aromatic rings. The molecule has 8 fully saturated rings. The van der Waals surface area contributed by atoms with Crippen LogP contribution < -0.4 is 10.6 Å². The number of ether oxygens (including phenoxy) is 2. The van der Waals surface area contributed by atoms with Gasteiger partial charge in [0.25, 0.3) is 11.8 Å². The van der Waals surface area contributed by atoms with Crippen molar-refractivity contribution in [1.29, 1.82) is 10.5 Å². The van der Waals surface area contributed by atoms with Crippen LogP contribution >= 0.6 is 0 Å². The quantitative estimate of drug-likeness (QED) is 0.162. The van der Waals surface area contributed by atoms with Gasteiger partial charge in [0.2, 0.25) is 11.8 Å². The first kappa shape index (κ1) is 38.2. The molecule has 0 unspecified atom stereocenters. The summed E-state index contributed by atoms with van der Waals surface area (Å²) >= 11 is 0. The molecule has 0 aromatic heterocycles. The Morgan fingerprint density at radius 1 is 0.596 bits per heavy atom. The number of fused-ring (bicyclic) bond motifs is 6. The molecule has 8 aliphatic rings. The SMILES string of the molecule is N#C[C@@H]1CC(F)(F)CN1CC(=O)NC12CCC(C(=O)OCCCCOC(=O)C34CCC(NC(=O)CN5CC(F)(F)C[C@H]5C#N)(CC3)CC4)(CC1)CC2. The van der Waals surface area contributed by atoms with Crippen molar-refractivity contribution >= 4 is 23.8 Å². The first-order valence-electron chi connectivity index (χ1n) is 18.5. The van der Waals surface area contributed by atoms with Crippen molar-refractivity contribution in [2.75, 3.05) is 39.4 Å². The lowest BCUT2D eigenvalue weighted by Gasteiger charge is -2.52. The molecule has 6 saturated carbocycles. The molecule has 4 bridgehead atoms. The Kier molecular flexibility index (Phi) is 10.6. The van der Waals surface area contributed by atoms with E-state index >= 15 is 0 Å². The predicted molar refractivity (Wildman–Crippen MR) is 174 cm³/mol. The summed E-state index contributed by atoms with van der Waals surface area (Å²) in [5, 5.41) is 24.5. The highest BCUT2D eigenvalue weighted by atomic mass is 19.3. The molecule has 2 amide bonds. The minimum Gasteiger partial charge on any atom is -0.465 e. The van der Waals surface area contributed by atoms with Crippen molar-refractivity contribution in [3.63, 3.8) is 0 Å². The van der Waals surface area contributed by atoms with E-state index in [-0.39, 0.29) is 50.1 Å². The minimum absolute atomic E-state index is 0.193. The number of nitrogens with one attached hydrogen (secondary N) is 2. The first-order valence-corrected chi connectivity index (χ1v) is 18.5. The summed E-state index contributed by atoms with van der Waals surface area (Å²) in [5.41, 5.74) is -2.20. The Balaban J connectivity index is 0.854. The van der Waals surface area contributed by atoms with Crippen molar-refractivity contribution < 1.29 is 46.2 Å². The van der Waals surface area contributed by atoms with Gasteiger partial charge in [0.15, 0.2) is 0 Å². The fourth-order valence-electron chi connectivity index (χ4n) is 9.59. The minimum atomic E-state index is -2.99. The van der Waals surface area contributed by atoms with Gasteiger partial charge >= 0.3 is 11.9 Å². The Morgan fingerprint density at radius 2 is 0.923 bits per heavy atom. The second-order valence-corrected chi connectivity index (χ2v) is 16.4. The molecule has 0 aromatic carbocycles. The van der Waals surface area contributed by atoms with Crippen LogP contribution in [-0.4, -0.2) is 108 Å². The van der Waals surface area contributed by atoms with Gasteiger partial charge in [0.1, 0.15) is 12.1 Å². The van der Waals surface area contributed by atoms with E-state index in [4.69, 9.17) is 9.47 Å². The van der Waals surface area contributed by atoms with Gasteiger partial charge in [0, 0.05) is 23.9 Å². The monoisotopic (exact) mass is 736 g/mol. The molecule has 2 N–H and O–H groups in total. The smallest absolute Gasteiger partial charge is 0.312 e. The summed E-state index contributed by atoms with van der Waals surface area (Å²) in [7, 11) is 0. The van der Waals surface area contributed by atoms with Crippen LogP contribution in [0.4, 0.5) is 17.6 Å². The molecular weight excluding hydrogens is 688 g/mol. The summed E-state index contributed by atoms with van der Waals surface area (Å²) in [6.07, 6.45) is 6.71. The fraction of sp³-hybridized carbons (Fsp3) is 0.833. The standard InChI is InChI=1S/C36H48F4N6O6/c37-35(38)17-25(19-41)45(23-35)21-27(47)43-33-9-3-31(4-10-33,5-11-33)29(49)51-15-1-2-16-52-30(50)32-6-12-34(13-7-32,14-8-32)44-28(48)22-46-24-36(39,40)18-26(46)20-42/h25-26H,1-18,21-24H2,(H,43,47)(H,44,48)/t25-,26-,31?,32?,33?,34?/m0/s1. The van der Waals surface area contributed by atoms with E-state index in [0.717, 1.165) is 0 Å². The van der Waals surface area contributed by atoms with Gasteiger partial charge in [-0.05, 0) is 89.9 Å². The van der Waals surface area contributed by atoms with E-state index in [1.165, 1.54) is 9.80 Å². The zero-order chi connectivity index (χ0) is 37.4. The molecule has 2 heterocycles. The molecule has 8 rings (SSSR count). The summed E-state index contributed by atoms with van der Waals surface area (Å²) in [4.78, 5) is 54.3. The molecule has 0 spiro atoms. The lowest BCUT2D eigenvalue weighted by Crippen LogP contribution is -2.59. The highest BCUT2D eigenvalue weighted by Crippen LogP contribution is 2.54. The van der Waals surface area contributed by atoms with Gasteiger partial charge in [0.05, 0.1) is 62.4 Å². The zero-order valence-electron chi connectivity index (χ0n) is 29.5. The lowest BCUT2D eigenvalue weighted by atomic mass is 9.57. The number of hydrogen-bond donors (Lipinski definition) is 2. The van der Waals surface area contributed by atoms with Crippen LogP contribution in [-0.2, 0) is 28.7 Å². The number of nitriles is 2. The molecule has 6 aliphatic carbocycles. The van der Waals surface area contributed by atoms with Crippen molar-refractivity contribution in [3.05, 3.63) is 0 Å². The molecule has 16 heteroatoms. The van der Waals surface area contributed by atoms with Gasteiger partial charge in [-0.25, -0.2) is 17.6 Å². The molecule has 2 saturated heterocycles. The molecule has 52 heavy (non-hydrogen) atoms. The molecular formula is C36H48F4N6O6. The van der Waals surface area contributed by atoms with Crippen molar-refractivity contribution in [2.45, 2.75) is 138 Å². The lowest BCUT2D eigenvalue weighted by molar-refractivity contribution is -0.166. The highest BCUT2D eigenvalue weighted by Gasteiger charge is 2.56. The normalized spacial score (nSPS) is 36.0. The molecule has 2 atom stereocenters. The maximum absolute atomic E-state index is 13.8. The van der Waals surface area contributed by atoms with Crippen molar-refractivity contribution in [2.24, 2.45) is 10.8 Å². The van der Waals surface area contributed by atoms with Gasteiger partial charge in [-0.3, -0.25) is 29.0 Å². The van der Waals surface area contributed by atoms with Gasteiger partial charge in [-0.1, -0.05) is 0 Å². The number of esters is 2. The Morgan fingerprint density at radius 3 is 1.23 bits per heavy atom. The molecule has 12 nitrogen and oxygen atoms in total. The summed E-state index contributed by atoms with van der Waals surface area (Å²) in [5.74, 6) is -7.27. The van der Waals surface area contributed by atoms with Gasteiger partial charge in [-0.15, -0.1) is 0 Å². The average Bonchev–Trinajstić information content (AvgIpc) is 3.58. The number of unbranched alkanes of at least 4 members (excludes halogenated alkanes) is 1. The van der Waals surface area contributed by atoms with Crippen molar-refractivity contribution in [3.8, 4) is 12.1 Å². The van der Waals surface area contributed by atoms with Crippen LogP contribution in [0.5, 0.6) is 0 Å². The molecule has 0 radical (unpaired) electrons. The third-order valence-corrected chi connectivity index (χ3v) is 12.9. The van der Waals surface area contributed by atoms with E-state index in [2.05, 4.69) is 10.6 Å². The van der Waals surface area contributed by atoms with Crippen LogP contribution in [0.1, 0.15) is 103 Å². The number of rotatable bonds is 13. The maximum Gasteiger partial charge on any atom is 0.312 e. The van der Waals surface area contributed by atoms with Crippen molar-refractivity contribution in [1.82, 2.24) is 20.4 Å². The number of amides is 2. The molecule has 2 aliphatic heterocycles. The van der Waals surface area contributed by atoms with Crippen LogP contribution in [0.3, 0.4) is 0 Å². The van der Waals surface area contributed by atoms with E-state index in [1.807, 2.05) is 12.1 Å². The summed E-state index contributed by atoms with van der Waals surface area (Å²) < 4.78 is 66.4. The largest absolute Gasteiger partial charge is 0.465 e. The third kappa shape index (κ3) is 8.03. The van der Waals surface area contributed by atoms with E-state index in [0.29, 0.717) is 89.9 Å². The summed E-state index contributed by atoms with van der Waals surface area (Å²) in [6, 6.07) is 1.72. The second kappa shape index (κ2) is 14.4. The van der Waals surface area contributed by atoms with E-state index in [1.54, 1.807) is 0 Å². The third-order valence-electron chi connectivity index (χ3n) is 12.9. The van der Waals surface area contributed by atoms with Crippen LogP contribution in [0, 0.1) is 33.5 Å². The number of alkyl halides is 4. The number of carbonyl (C=O) groups excluding carboxylic acids is 4. The van der Waals surface area contributed by atoms with E-state index in [9.17, 15) is 47.3 Å². The summed E-state index contributed by atoms with van der Waals surface area (Å²) in [6.45, 7) is -1.37. The zero-order valence-corrected chi connectivity index (χ0v) is 29.5. The number of likely N-dealkylation sites (tertiary alicyclic amines) is 2. The fourth-order valence-corrected chi connectivity index (χ4v) is 9.59. The maximum atomic E-state index is 13.8. The molecule has 286 valence electrons.